The number of carboxylic acids is 1. The van der Waals surface area contributed by atoms with Crippen LogP contribution in [0.15, 0.2) is 0 Å². The summed E-state index contributed by atoms with van der Waals surface area (Å²) in [5, 5.41) is 13.8. The van der Waals surface area contributed by atoms with Crippen LogP contribution in [0.25, 0.3) is 0 Å². The topological polar surface area (TPSA) is 185 Å². The molecule has 0 spiro atoms. The summed E-state index contributed by atoms with van der Waals surface area (Å²) in [6.45, 7) is -0.143. The normalized spacial score (nSPS) is 18.7. The summed E-state index contributed by atoms with van der Waals surface area (Å²) in [6.07, 6.45) is 0.271. The van der Waals surface area contributed by atoms with Crippen LogP contribution in [0.4, 0.5) is 0 Å². The number of carbonyl (C=O) groups is 5. The number of amides is 4. The highest BCUT2D eigenvalue weighted by molar-refractivity contribution is 7.80. The molecular weight excluding hydrogens is 366 g/mol. The fraction of sp³-hybridized carbons (Fsp3) is 0.643. The maximum absolute atomic E-state index is 12.6. The van der Waals surface area contributed by atoms with Gasteiger partial charge in [-0.3, -0.25) is 19.2 Å². The zero-order chi connectivity index (χ0) is 19.9. The van der Waals surface area contributed by atoms with Crippen molar-refractivity contribution < 1.29 is 29.1 Å². The first-order chi connectivity index (χ1) is 12.2. The van der Waals surface area contributed by atoms with E-state index in [9.17, 15) is 29.1 Å². The van der Waals surface area contributed by atoms with Crippen LogP contribution in [-0.4, -0.2) is 76.6 Å². The summed E-state index contributed by atoms with van der Waals surface area (Å²) in [5.41, 5.74) is 10.3. The first-order valence-electron chi connectivity index (χ1n) is 7.93. The van der Waals surface area contributed by atoms with Crippen molar-refractivity contribution in [1.29, 1.82) is 0 Å². The van der Waals surface area contributed by atoms with Crippen molar-refractivity contribution in [3.63, 3.8) is 0 Å². The molecule has 7 N–H and O–H groups in total. The third-order valence-electron chi connectivity index (χ3n) is 3.86. The molecule has 0 aromatic carbocycles. The van der Waals surface area contributed by atoms with Crippen LogP contribution in [0.5, 0.6) is 0 Å². The predicted molar refractivity (Wildman–Crippen MR) is 93.0 cm³/mol. The molecule has 3 unspecified atom stereocenters. The Bertz CT molecular complexity index is 586. The van der Waals surface area contributed by atoms with E-state index in [0.717, 1.165) is 4.90 Å². The zero-order valence-corrected chi connectivity index (χ0v) is 14.9. The number of likely N-dealkylation sites (tertiary alicyclic amines) is 1. The smallest absolute Gasteiger partial charge is 0.326 e. The standard InChI is InChI=1S/C14H23N5O6S/c15-5-11(21)17-8(6-26)12(22)18-7(4-10(16)20)13(23)19-3-1-2-9(19)14(24)25/h7-9,26H,1-6,15H2,(H2,16,20)(H,17,21)(H,18,22)(H,24,25). The minimum Gasteiger partial charge on any atom is -0.480 e. The van der Waals surface area contributed by atoms with Gasteiger partial charge < -0.3 is 32.1 Å². The Morgan fingerprint density at radius 3 is 2.35 bits per heavy atom. The lowest BCUT2D eigenvalue weighted by Gasteiger charge is -2.28. The molecule has 0 aromatic rings. The third kappa shape index (κ3) is 5.88. The van der Waals surface area contributed by atoms with Crippen molar-refractivity contribution in [3.8, 4) is 0 Å². The number of nitrogens with two attached hydrogens (primary N) is 2. The summed E-state index contributed by atoms with van der Waals surface area (Å²) in [7, 11) is 0. The highest BCUT2D eigenvalue weighted by atomic mass is 32.1. The van der Waals surface area contributed by atoms with Crippen LogP contribution in [-0.2, 0) is 24.0 Å². The van der Waals surface area contributed by atoms with Gasteiger partial charge in [0.15, 0.2) is 0 Å². The van der Waals surface area contributed by atoms with E-state index in [1.54, 1.807) is 0 Å². The van der Waals surface area contributed by atoms with Crippen molar-refractivity contribution in [2.75, 3.05) is 18.8 Å². The van der Waals surface area contributed by atoms with Crippen LogP contribution in [0, 0.1) is 0 Å². The average molecular weight is 389 g/mol. The number of primary amides is 1. The monoisotopic (exact) mass is 389 g/mol. The number of hydrogen-bond donors (Lipinski definition) is 6. The lowest BCUT2D eigenvalue weighted by molar-refractivity contribution is -0.149. The lowest BCUT2D eigenvalue weighted by atomic mass is 10.1. The minimum atomic E-state index is -1.34. The Labute approximate surface area is 155 Å². The van der Waals surface area contributed by atoms with E-state index in [0.29, 0.717) is 6.42 Å². The van der Waals surface area contributed by atoms with Gasteiger partial charge >= 0.3 is 5.97 Å². The molecule has 1 aliphatic heterocycles. The molecule has 0 bridgehead atoms. The summed E-state index contributed by atoms with van der Waals surface area (Å²) in [4.78, 5) is 59.9. The first-order valence-corrected chi connectivity index (χ1v) is 8.56. The van der Waals surface area contributed by atoms with E-state index >= 15 is 0 Å². The number of nitrogens with one attached hydrogen (secondary N) is 2. The van der Waals surface area contributed by atoms with Gasteiger partial charge in [-0.1, -0.05) is 0 Å². The fourth-order valence-electron chi connectivity index (χ4n) is 2.61. The Kier molecular flexibility index (Phi) is 8.32. The molecule has 0 radical (unpaired) electrons. The van der Waals surface area contributed by atoms with E-state index in [2.05, 4.69) is 23.3 Å². The largest absolute Gasteiger partial charge is 0.480 e. The highest BCUT2D eigenvalue weighted by Gasteiger charge is 2.38. The van der Waals surface area contributed by atoms with Gasteiger partial charge in [-0.05, 0) is 12.8 Å². The molecule has 0 aliphatic carbocycles. The number of hydrogen-bond acceptors (Lipinski definition) is 7. The third-order valence-corrected chi connectivity index (χ3v) is 4.23. The second kappa shape index (κ2) is 9.97. The molecule has 1 heterocycles. The Hall–Kier alpha value is -2.34. The van der Waals surface area contributed by atoms with E-state index in [1.807, 2.05) is 0 Å². The maximum atomic E-state index is 12.6. The van der Waals surface area contributed by atoms with Crippen molar-refractivity contribution in [1.82, 2.24) is 15.5 Å². The molecule has 26 heavy (non-hydrogen) atoms. The molecular formula is C14H23N5O6S. The van der Waals surface area contributed by atoms with Gasteiger partial charge in [-0.2, -0.15) is 12.6 Å². The number of thiol groups is 1. The molecule has 12 heteroatoms. The molecule has 0 aromatic heterocycles. The quantitative estimate of drug-likeness (QED) is 0.224. The summed E-state index contributed by atoms with van der Waals surface area (Å²) in [6, 6.07) is -3.43. The fourth-order valence-corrected chi connectivity index (χ4v) is 2.87. The molecule has 4 amide bonds. The Morgan fingerprint density at radius 1 is 1.19 bits per heavy atom. The molecule has 3 atom stereocenters. The number of carbonyl (C=O) groups excluding carboxylic acids is 4. The number of carboxylic acid groups (broad SMARTS) is 1. The summed E-state index contributed by atoms with van der Waals surface area (Å²) >= 11 is 3.96. The van der Waals surface area contributed by atoms with E-state index in [4.69, 9.17) is 11.5 Å². The number of rotatable bonds is 9. The van der Waals surface area contributed by atoms with Gasteiger partial charge in [-0.25, -0.2) is 4.79 Å². The van der Waals surface area contributed by atoms with Crippen LogP contribution in [0.3, 0.4) is 0 Å². The van der Waals surface area contributed by atoms with Crippen LogP contribution in [0.1, 0.15) is 19.3 Å². The number of aliphatic carboxylic acids is 1. The van der Waals surface area contributed by atoms with Gasteiger partial charge in [0.1, 0.15) is 18.1 Å². The molecule has 1 saturated heterocycles. The summed E-state index contributed by atoms with van der Waals surface area (Å²) in [5.74, 6) is -4.15. The van der Waals surface area contributed by atoms with Crippen molar-refractivity contribution in [2.45, 2.75) is 37.4 Å². The van der Waals surface area contributed by atoms with Crippen molar-refractivity contribution in [2.24, 2.45) is 11.5 Å². The second-order valence-electron chi connectivity index (χ2n) is 5.77. The van der Waals surface area contributed by atoms with Crippen LogP contribution < -0.4 is 22.1 Å². The van der Waals surface area contributed by atoms with Gasteiger partial charge in [-0.15, -0.1) is 0 Å². The van der Waals surface area contributed by atoms with E-state index in [1.165, 1.54) is 0 Å². The first kappa shape index (κ1) is 21.7. The molecule has 0 saturated carbocycles. The average Bonchev–Trinajstić information content (AvgIpc) is 3.07. The Balaban J connectivity index is 2.90. The van der Waals surface area contributed by atoms with Gasteiger partial charge in [0.2, 0.25) is 23.6 Å². The van der Waals surface area contributed by atoms with Crippen molar-refractivity contribution >= 4 is 42.2 Å². The second-order valence-corrected chi connectivity index (χ2v) is 6.13. The van der Waals surface area contributed by atoms with E-state index in [-0.39, 0.29) is 25.3 Å². The van der Waals surface area contributed by atoms with Crippen LogP contribution in [0.2, 0.25) is 0 Å². The van der Waals surface area contributed by atoms with Gasteiger partial charge in [0, 0.05) is 12.3 Å². The van der Waals surface area contributed by atoms with Crippen LogP contribution >= 0.6 is 12.6 Å². The SMILES string of the molecule is NCC(=O)NC(CS)C(=O)NC(CC(N)=O)C(=O)N1CCCC1C(=O)O. The highest BCUT2D eigenvalue weighted by Crippen LogP contribution is 2.19. The number of nitrogens with zero attached hydrogens (tertiary/aromatic N) is 1. The molecule has 11 nitrogen and oxygen atoms in total. The zero-order valence-electron chi connectivity index (χ0n) is 14.0. The lowest BCUT2D eigenvalue weighted by Crippen LogP contribution is -2.57. The predicted octanol–water partition coefficient (Wildman–Crippen LogP) is -3.20. The molecule has 1 aliphatic rings. The minimum absolute atomic E-state index is 0.0729. The summed E-state index contributed by atoms with van der Waals surface area (Å²) < 4.78 is 0. The van der Waals surface area contributed by atoms with Gasteiger partial charge in [0.05, 0.1) is 13.0 Å². The molecule has 1 rings (SSSR count). The molecule has 146 valence electrons. The van der Waals surface area contributed by atoms with Crippen molar-refractivity contribution in [3.05, 3.63) is 0 Å². The van der Waals surface area contributed by atoms with Gasteiger partial charge in [0.25, 0.3) is 0 Å². The maximum Gasteiger partial charge on any atom is 0.326 e. The molecule has 1 fully saturated rings. The Morgan fingerprint density at radius 2 is 1.85 bits per heavy atom. The van der Waals surface area contributed by atoms with E-state index < -0.39 is 54.1 Å².